The summed E-state index contributed by atoms with van der Waals surface area (Å²) < 4.78 is 4.69. The Morgan fingerprint density at radius 1 is 1.23 bits per heavy atom. The van der Waals surface area contributed by atoms with Gasteiger partial charge >= 0.3 is 0 Å². The van der Waals surface area contributed by atoms with Crippen molar-refractivity contribution in [2.75, 3.05) is 6.54 Å². The fourth-order valence-electron chi connectivity index (χ4n) is 1.19. The molecule has 4 heteroatoms. The SMILES string of the molecule is CC(C)(C)Cc1nonc1CCN. The van der Waals surface area contributed by atoms with Crippen LogP contribution in [0.1, 0.15) is 32.2 Å². The Bertz CT molecular complexity index is 262. The van der Waals surface area contributed by atoms with Gasteiger partial charge in [-0.3, -0.25) is 0 Å². The van der Waals surface area contributed by atoms with Crippen molar-refractivity contribution in [1.82, 2.24) is 10.3 Å². The maximum atomic E-state index is 5.44. The van der Waals surface area contributed by atoms with Gasteiger partial charge in [-0.05, 0) is 18.4 Å². The molecule has 0 fully saturated rings. The van der Waals surface area contributed by atoms with Gasteiger partial charge in [0.25, 0.3) is 0 Å². The van der Waals surface area contributed by atoms with E-state index in [4.69, 9.17) is 5.73 Å². The van der Waals surface area contributed by atoms with Gasteiger partial charge < -0.3 is 5.73 Å². The second-order valence-corrected chi connectivity index (χ2v) is 4.43. The second kappa shape index (κ2) is 3.87. The number of aromatic nitrogens is 2. The molecule has 0 bridgehead atoms. The highest BCUT2D eigenvalue weighted by Gasteiger charge is 2.17. The standard InChI is InChI=1S/C9H17N3O/c1-9(2,3)6-8-7(4-5-10)11-13-12-8/h4-6,10H2,1-3H3. The Morgan fingerprint density at radius 2 is 1.85 bits per heavy atom. The van der Waals surface area contributed by atoms with E-state index >= 15 is 0 Å². The Labute approximate surface area is 78.5 Å². The quantitative estimate of drug-likeness (QED) is 0.763. The summed E-state index contributed by atoms with van der Waals surface area (Å²) >= 11 is 0. The average Bonchev–Trinajstić information content (AvgIpc) is 2.34. The van der Waals surface area contributed by atoms with Crippen LogP contribution in [-0.2, 0) is 12.8 Å². The Hall–Kier alpha value is -0.900. The van der Waals surface area contributed by atoms with Gasteiger partial charge in [0.15, 0.2) is 0 Å². The molecule has 0 saturated heterocycles. The largest absolute Gasteiger partial charge is 0.330 e. The monoisotopic (exact) mass is 183 g/mol. The molecule has 0 atom stereocenters. The Balaban J connectivity index is 2.70. The first-order valence-electron chi connectivity index (χ1n) is 4.53. The summed E-state index contributed by atoms with van der Waals surface area (Å²) in [7, 11) is 0. The molecule has 1 aromatic rings. The van der Waals surface area contributed by atoms with Crippen molar-refractivity contribution in [1.29, 1.82) is 0 Å². The van der Waals surface area contributed by atoms with Crippen molar-refractivity contribution in [3.8, 4) is 0 Å². The van der Waals surface area contributed by atoms with E-state index in [1.54, 1.807) is 0 Å². The molecule has 0 saturated carbocycles. The first-order chi connectivity index (χ1) is 6.03. The molecular weight excluding hydrogens is 166 g/mol. The summed E-state index contributed by atoms with van der Waals surface area (Å²) in [5, 5.41) is 7.70. The van der Waals surface area contributed by atoms with E-state index in [9.17, 15) is 0 Å². The minimum absolute atomic E-state index is 0.210. The van der Waals surface area contributed by atoms with Crippen molar-refractivity contribution in [2.45, 2.75) is 33.6 Å². The van der Waals surface area contributed by atoms with Crippen LogP contribution in [0.4, 0.5) is 0 Å². The molecule has 0 unspecified atom stereocenters. The molecule has 2 N–H and O–H groups in total. The normalized spacial score (nSPS) is 12.0. The van der Waals surface area contributed by atoms with Crippen LogP contribution in [0, 0.1) is 5.41 Å². The number of rotatable bonds is 3. The molecule has 1 heterocycles. The maximum absolute atomic E-state index is 5.44. The maximum Gasteiger partial charge on any atom is 0.109 e. The van der Waals surface area contributed by atoms with Gasteiger partial charge in [0.05, 0.1) is 0 Å². The molecule has 0 radical (unpaired) electrons. The highest BCUT2D eigenvalue weighted by Crippen LogP contribution is 2.20. The van der Waals surface area contributed by atoms with Crippen LogP contribution in [0.2, 0.25) is 0 Å². The number of hydrogen-bond acceptors (Lipinski definition) is 4. The lowest BCUT2D eigenvalue weighted by atomic mass is 9.90. The zero-order valence-electron chi connectivity index (χ0n) is 8.50. The van der Waals surface area contributed by atoms with Crippen LogP contribution in [-0.4, -0.2) is 16.9 Å². The molecule has 4 nitrogen and oxygen atoms in total. The van der Waals surface area contributed by atoms with Gasteiger partial charge in [-0.25, -0.2) is 4.63 Å². The number of hydrogen-bond donors (Lipinski definition) is 1. The second-order valence-electron chi connectivity index (χ2n) is 4.43. The Morgan fingerprint density at radius 3 is 2.38 bits per heavy atom. The molecular formula is C9H17N3O. The third-order valence-electron chi connectivity index (χ3n) is 1.71. The first-order valence-corrected chi connectivity index (χ1v) is 4.53. The predicted octanol–water partition coefficient (Wildman–Crippen LogP) is 1.16. The first kappa shape index (κ1) is 10.2. The summed E-state index contributed by atoms with van der Waals surface area (Å²) in [5.74, 6) is 0. The van der Waals surface area contributed by atoms with E-state index in [1.165, 1.54) is 0 Å². The van der Waals surface area contributed by atoms with Gasteiger partial charge in [-0.2, -0.15) is 0 Å². The summed E-state index contributed by atoms with van der Waals surface area (Å²) in [5.41, 5.74) is 7.50. The van der Waals surface area contributed by atoms with Crippen LogP contribution in [0.3, 0.4) is 0 Å². The van der Waals surface area contributed by atoms with E-state index in [0.29, 0.717) is 6.54 Å². The molecule has 0 spiro atoms. The van der Waals surface area contributed by atoms with Gasteiger partial charge in [0.2, 0.25) is 0 Å². The topological polar surface area (TPSA) is 64.9 Å². The highest BCUT2D eigenvalue weighted by molar-refractivity contribution is 5.09. The lowest BCUT2D eigenvalue weighted by molar-refractivity contribution is 0.294. The fraction of sp³-hybridized carbons (Fsp3) is 0.778. The summed E-state index contributed by atoms with van der Waals surface area (Å²) in [4.78, 5) is 0. The molecule has 0 aromatic carbocycles. The van der Waals surface area contributed by atoms with Gasteiger partial charge in [0.1, 0.15) is 11.4 Å². The average molecular weight is 183 g/mol. The van der Waals surface area contributed by atoms with Crippen molar-refractivity contribution < 1.29 is 4.63 Å². The zero-order valence-corrected chi connectivity index (χ0v) is 8.50. The zero-order chi connectivity index (χ0) is 9.90. The molecule has 1 aromatic heterocycles. The van der Waals surface area contributed by atoms with Crippen molar-refractivity contribution >= 4 is 0 Å². The van der Waals surface area contributed by atoms with Crippen LogP contribution < -0.4 is 5.73 Å². The van der Waals surface area contributed by atoms with E-state index in [-0.39, 0.29) is 5.41 Å². The molecule has 0 aliphatic carbocycles. The third kappa shape index (κ3) is 3.14. The highest BCUT2D eigenvalue weighted by atomic mass is 16.6. The van der Waals surface area contributed by atoms with Crippen LogP contribution >= 0.6 is 0 Å². The minimum atomic E-state index is 0.210. The lowest BCUT2D eigenvalue weighted by Gasteiger charge is -2.15. The van der Waals surface area contributed by atoms with Gasteiger partial charge in [0, 0.05) is 6.42 Å². The van der Waals surface area contributed by atoms with Crippen LogP contribution in [0.15, 0.2) is 4.63 Å². The van der Waals surface area contributed by atoms with E-state index in [0.717, 1.165) is 24.2 Å². The van der Waals surface area contributed by atoms with Crippen LogP contribution in [0.25, 0.3) is 0 Å². The van der Waals surface area contributed by atoms with Crippen molar-refractivity contribution in [3.05, 3.63) is 11.4 Å². The molecule has 0 amide bonds. The van der Waals surface area contributed by atoms with E-state index < -0.39 is 0 Å². The minimum Gasteiger partial charge on any atom is -0.330 e. The van der Waals surface area contributed by atoms with Crippen LogP contribution in [0.5, 0.6) is 0 Å². The predicted molar refractivity (Wildman–Crippen MR) is 50.2 cm³/mol. The smallest absolute Gasteiger partial charge is 0.109 e. The van der Waals surface area contributed by atoms with Crippen molar-refractivity contribution in [2.24, 2.45) is 11.1 Å². The summed E-state index contributed by atoms with van der Waals surface area (Å²) in [6.45, 7) is 7.07. The lowest BCUT2D eigenvalue weighted by Crippen LogP contribution is -2.12. The molecule has 74 valence electrons. The van der Waals surface area contributed by atoms with E-state index in [1.807, 2.05) is 0 Å². The van der Waals surface area contributed by atoms with Crippen molar-refractivity contribution in [3.63, 3.8) is 0 Å². The van der Waals surface area contributed by atoms with Gasteiger partial charge in [-0.15, -0.1) is 0 Å². The summed E-state index contributed by atoms with van der Waals surface area (Å²) in [6.07, 6.45) is 1.63. The molecule has 0 aliphatic rings. The molecule has 1 rings (SSSR count). The third-order valence-corrected chi connectivity index (χ3v) is 1.71. The molecule has 13 heavy (non-hydrogen) atoms. The van der Waals surface area contributed by atoms with Gasteiger partial charge in [-0.1, -0.05) is 31.1 Å². The van der Waals surface area contributed by atoms with E-state index in [2.05, 4.69) is 35.7 Å². The number of nitrogens with two attached hydrogens (primary N) is 1. The fourth-order valence-corrected chi connectivity index (χ4v) is 1.19. The summed E-state index contributed by atoms with van der Waals surface area (Å²) in [6, 6.07) is 0. The Kier molecular flexibility index (Phi) is 3.03. The number of nitrogens with zero attached hydrogens (tertiary/aromatic N) is 2. The molecule has 0 aliphatic heterocycles.